The van der Waals surface area contributed by atoms with Crippen LogP contribution in [0.25, 0.3) is 5.57 Å². The normalized spacial score (nSPS) is 13.6. The first-order chi connectivity index (χ1) is 6.79. The molecule has 0 aromatic heterocycles. The summed E-state index contributed by atoms with van der Waals surface area (Å²) in [5.41, 5.74) is 0.847. The Morgan fingerprint density at radius 2 is 2.07 bits per heavy atom. The fourth-order valence-electron chi connectivity index (χ4n) is 1.32. The highest BCUT2D eigenvalue weighted by atomic mass is 16.5. The maximum absolute atomic E-state index is 10.9. The Labute approximate surface area is 80.9 Å². The summed E-state index contributed by atoms with van der Waals surface area (Å²) in [6.45, 7) is 0. The number of carboxylic acids is 1. The van der Waals surface area contributed by atoms with Crippen LogP contribution in [0.3, 0.4) is 0 Å². The average molecular weight is 188 g/mol. The predicted molar refractivity (Wildman–Crippen MR) is 51.8 cm³/mol. The van der Waals surface area contributed by atoms with Gasteiger partial charge in [0.1, 0.15) is 5.75 Å². The van der Waals surface area contributed by atoms with E-state index in [4.69, 9.17) is 9.84 Å². The van der Waals surface area contributed by atoms with Crippen LogP contribution in [0.4, 0.5) is 0 Å². The van der Waals surface area contributed by atoms with Crippen molar-refractivity contribution in [2.24, 2.45) is 0 Å². The SMILES string of the molecule is O=C(O)C1=CC=COc2ccccc21. The summed E-state index contributed by atoms with van der Waals surface area (Å²) in [6, 6.07) is 7.05. The molecule has 3 heteroatoms. The van der Waals surface area contributed by atoms with Crippen molar-refractivity contribution >= 4 is 11.5 Å². The number of carbonyl (C=O) groups is 1. The molecule has 1 aromatic rings. The van der Waals surface area contributed by atoms with Gasteiger partial charge in [0.05, 0.1) is 11.8 Å². The fraction of sp³-hybridized carbons (Fsp3) is 0. The van der Waals surface area contributed by atoms with Crippen LogP contribution >= 0.6 is 0 Å². The van der Waals surface area contributed by atoms with Crippen LogP contribution in [0.2, 0.25) is 0 Å². The Kier molecular flexibility index (Phi) is 2.07. The number of hydrogen-bond donors (Lipinski definition) is 1. The first-order valence-electron chi connectivity index (χ1n) is 4.15. The molecule has 1 heterocycles. The van der Waals surface area contributed by atoms with Crippen LogP contribution in [0.15, 0.2) is 42.7 Å². The molecule has 3 nitrogen and oxygen atoms in total. The lowest BCUT2D eigenvalue weighted by Crippen LogP contribution is -1.99. The van der Waals surface area contributed by atoms with Crippen molar-refractivity contribution < 1.29 is 14.6 Å². The van der Waals surface area contributed by atoms with Crippen LogP contribution in [0.1, 0.15) is 5.56 Å². The van der Waals surface area contributed by atoms with Crippen LogP contribution in [0.5, 0.6) is 5.75 Å². The third-order valence-corrected chi connectivity index (χ3v) is 1.94. The van der Waals surface area contributed by atoms with Crippen LogP contribution in [0, 0.1) is 0 Å². The van der Waals surface area contributed by atoms with E-state index in [1.54, 1.807) is 30.3 Å². The van der Waals surface area contributed by atoms with Gasteiger partial charge in [0.15, 0.2) is 0 Å². The van der Waals surface area contributed by atoms with Crippen molar-refractivity contribution in [2.75, 3.05) is 0 Å². The topological polar surface area (TPSA) is 46.5 Å². The lowest BCUT2D eigenvalue weighted by atomic mass is 10.1. The number of ether oxygens (including phenoxy) is 1. The van der Waals surface area contributed by atoms with Gasteiger partial charge >= 0.3 is 5.97 Å². The number of allylic oxidation sites excluding steroid dienone is 2. The van der Waals surface area contributed by atoms with Crippen molar-refractivity contribution in [1.29, 1.82) is 0 Å². The second kappa shape index (κ2) is 3.38. The second-order valence-corrected chi connectivity index (χ2v) is 2.83. The Bertz CT molecular complexity index is 430. The molecule has 0 bridgehead atoms. The van der Waals surface area contributed by atoms with Gasteiger partial charge in [0, 0.05) is 5.56 Å². The largest absolute Gasteiger partial charge is 0.478 e. The summed E-state index contributed by atoms with van der Waals surface area (Å²) < 4.78 is 5.23. The quantitative estimate of drug-likeness (QED) is 0.733. The highest BCUT2D eigenvalue weighted by molar-refractivity contribution is 6.16. The summed E-state index contributed by atoms with van der Waals surface area (Å²) in [7, 11) is 0. The predicted octanol–water partition coefficient (Wildman–Crippen LogP) is 2.06. The van der Waals surface area contributed by atoms with Gasteiger partial charge in [0.25, 0.3) is 0 Å². The smallest absolute Gasteiger partial charge is 0.336 e. The van der Waals surface area contributed by atoms with E-state index in [-0.39, 0.29) is 5.57 Å². The van der Waals surface area contributed by atoms with Gasteiger partial charge in [-0.2, -0.15) is 0 Å². The molecule has 1 N–H and O–H groups in total. The molecule has 0 aliphatic carbocycles. The van der Waals surface area contributed by atoms with Crippen molar-refractivity contribution in [2.45, 2.75) is 0 Å². The number of hydrogen-bond acceptors (Lipinski definition) is 2. The number of aliphatic carboxylic acids is 1. The van der Waals surface area contributed by atoms with Gasteiger partial charge < -0.3 is 9.84 Å². The van der Waals surface area contributed by atoms with Gasteiger partial charge in [0.2, 0.25) is 0 Å². The van der Waals surface area contributed by atoms with E-state index < -0.39 is 5.97 Å². The molecule has 0 saturated carbocycles. The van der Waals surface area contributed by atoms with E-state index in [9.17, 15) is 4.79 Å². The summed E-state index contributed by atoms with van der Waals surface area (Å²) >= 11 is 0. The maximum Gasteiger partial charge on any atom is 0.336 e. The molecule has 1 aromatic carbocycles. The zero-order valence-electron chi connectivity index (χ0n) is 7.31. The van der Waals surface area contributed by atoms with E-state index in [1.807, 2.05) is 0 Å². The van der Waals surface area contributed by atoms with E-state index in [2.05, 4.69) is 0 Å². The van der Waals surface area contributed by atoms with Gasteiger partial charge in [-0.15, -0.1) is 0 Å². The van der Waals surface area contributed by atoms with Gasteiger partial charge in [-0.1, -0.05) is 18.2 Å². The molecule has 0 atom stereocenters. The highest BCUT2D eigenvalue weighted by Crippen LogP contribution is 2.28. The standard InChI is InChI=1S/C11H8O3/c12-11(13)9-5-3-7-14-10-6-2-1-4-8(9)10/h1-7H,(H,12,13). The number of carboxylic acid groups (broad SMARTS) is 1. The Morgan fingerprint density at radius 1 is 1.29 bits per heavy atom. The molecular weight excluding hydrogens is 180 g/mol. The fourth-order valence-corrected chi connectivity index (χ4v) is 1.32. The van der Waals surface area contributed by atoms with E-state index >= 15 is 0 Å². The van der Waals surface area contributed by atoms with Gasteiger partial charge in [-0.3, -0.25) is 0 Å². The zero-order valence-corrected chi connectivity index (χ0v) is 7.31. The third-order valence-electron chi connectivity index (χ3n) is 1.94. The summed E-state index contributed by atoms with van der Waals surface area (Å²) in [5, 5.41) is 8.95. The molecule has 0 radical (unpaired) electrons. The van der Waals surface area contributed by atoms with Crippen LogP contribution in [-0.2, 0) is 4.79 Å². The zero-order chi connectivity index (χ0) is 9.97. The first kappa shape index (κ1) is 8.56. The minimum absolute atomic E-state index is 0.245. The average Bonchev–Trinajstić information content (AvgIpc) is 2.39. The molecular formula is C11H8O3. The summed E-state index contributed by atoms with van der Waals surface area (Å²) in [5.74, 6) is -0.387. The molecule has 0 fully saturated rings. The Morgan fingerprint density at radius 3 is 2.86 bits per heavy atom. The van der Waals surface area contributed by atoms with Crippen molar-refractivity contribution in [3.8, 4) is 5.75 Å². The molecule has 0 spiro atoms. The van der Waals surface area contributed by atoms with Crippen LogP contribution in [-0.4, -0.2) is 11.1 Å². The lowest BCUT2D eigenvalue weighted by molar-refractivity contribution is -0.130. The van der Waals surface area contributed by atoms with Gasteiger partial charge in [-0.25, -0.2) is 4.79 Å². The molecule has 0 unspecified atom stereocenters. The monoisotopic (exact) mass is 188 g/mol. The molecule has 14 heavy (non-hydrogen) atoms. The minimum atomic E-state index is -0.951. The van der Waals surface area contributed by atoms with Crippen molar-refractivity contribution in [3.63, 3.8) is 0 Å². The number of rotatable bonds is 1. The maximum atomic E-state index is 10.9. The summed E-state index contributed by atoms with van der Waals surface area (Å²) in [4.78, 5) is 10.9. The molecule has 1 aliphatic heterocycles. The Hall–Kier alpha value is -2.03. The number of para-hydroxylation sites is 1. The molecule has 2 rings (SSSR count). The first-order valence-corrected chi connectivity index (χ1v) is 4.15. The van der Waals surface area contributed by atoms with Crippen molar-refractivity contribution in [3.05, 3.63) is 48.2 Å². The second-order valence-electron chi connectivity index (χ2n) is 2.83. The van der Waals surface area contributed by atoms with E-state index in [1.165, 1.54) is 12.3 Å². The number of fused-ring (bicyclic) bond motifs is 1. The molecule has 0 amide bonds. The minimum Gasteiger partial charge on any atom is -0.478 e. The van der Waals surface area contributed by atoms with E-state index in [0.717, 1.165) is 0 Å². The Balaban J connectivity index is 2.59. The van der Waals surface area contributed by atoms with Gasteiger partial charge in [-0.05, 0) is 18.2 Å². The summed E-state index contributed by atoms with van der Waals surface area (Å²) in [6.07, 6.45) is 4.56. The van der Waals surface area contributed by atoms with Crippen LogP contribution < -0.4 is 4.74 Å². The van der Waals surface area contributed by atoms with E-state index in [0.29, 0.717) is 11.3 Å². The molecule has 0 saturated heterocycles. The van der Waals surface area contributed by atoms with Crippen molar-refractivity contribution in [1.82, 2.24) is 0 Å². The number of benzene rings is 1. The molecule has 70 valence electrons. The highest BCUT2D eigenvalue weighted by Gasteiger charge is 2.15. The lowest BCUT2D eigenvalue weighted by Gasteiger charge is -2.05. The third kappa shape index (κ3) is 1.40. The molecule has 1 aliphatic rings.